The van der Waals surface area contributed by atoms with E-state index in [-0.39, 0.29) is 5.97 Å². The molecule has 0 N–H and O–H groups in total. The highest BCUT2D eigenvalue weighted by Gasteiger charge is 1.96. The van der Waals surface area contributed by atoms with Gasteiger partial charge in [-0.3, -0.25) is 0 Å². The first kappa shape index (κ1) is 19.2. The second-order valence-corrected chi connectivity index (χ2v) is 5.47. The lowest BCUT2D eigenvalue weighted by Crippen LogP contribution is -2.01. The maximum absolute atomic E-state index is 10.8. The van der Waals surface area contributed by atoms with Crippen molar-refractivity contribution in [2.75, 3.05) is 6.61 Å². The third-order valence-electron chi connectivity index (χ3n) is 3.56. The Labute approximate surface area is 126 Å². The lowest BCUT2D eigenvalue weighted by Gasteiger charge is -2.03. The maximum atomic E-state index is 10.8. The van der Waals surface area contributed by atoms with Gasteiger partial charge in [0.2, 0.25) is 0 Å². The Morgan fingerprint density at radius 1 is 0.750 bits per heavy atom. The number of hydrogen-bond donors (Lipinski definition) is 0. The van der Waals surface area contributed by atoms with Gasteiger partial charge < -0.3 is 4.74 Å². The van der Waals surface area contributed by atoms with Crippen LogP contribution in [0.25, 0.3) is 0 Å². The molecule has 0 aliphatic rings. The van der Waals surface area contributed by atoms with Crippen LogP contribution in [0.3, 0.4) is 0 Å². The van der Waals surface area contributed by atoms with Crippen molar-refractivity contribution in [1.29, 1.82) is 0 Å². The van der Waals surface area contributed by atoms with Crippen molar-refractivity contribution in [3.05, 3.63) is 19.6 Å². The van der Waals surface area contributed by atoms with Crippen LogP contribution in [0.1, 0.15) is 83.5 Å². The minimum atomic E-state index is -0.305. The molecular formula is C18H33O2. The smallest absolute Gasteiger partial charge is 0.330 e. The lowest BCUT2D eigenvalue weighted by atomic mass is 10.0. The average Bonchev–Trinajstić information content (AvgIpc) is 2.47. The Kier molecular flexibility index (Phi) is 15.6. The average molecular weight is 281 g/mol. The minimum Gasteiger partial charge on any atom is -0.463 e. The van der Waals surface area contributed by atoms with Gasteiger partial charge in [0, 0.05) is 6.08 Å². The molecule has 0 atom stereocenters. The van der Waals surface area contributed by atoms with Gasteiger partial charge in [0.1, 0.15) is 0 Å². The standard InChI is InChI=1S/C18H33O2/c1-3-5-6-7-8-9-10-11-12-13-14-15-16-17-20-18(19)4-2/h4H,1-3,5-17H2. The van der Waals surface area contributed by atoms with E-state index in [0.29, 0.717) is 6.61 Å². The summed E-state index contributed by atoms with van der Waals surface area (Å²) in [6, 6.07) is 0. The number of hydrogen-bond acceptors (Lipinski definition) is 2. The molecule has 0 amide bonds. The van der Waals surface area contributed by atoms with Crippen LogP contribution in [0.2, 0.25) is 0 Å². The summed E-state index contributed by atoms with van der Waals surface area (Å²) in [5, 5.41) is 0. The van der Waals surface area contributed by atoms with E-state index in [4.69, 9.17) is 4.74 Å². The first-order valence-corrected chi connectivity index (χ1v) is 8.39. The SMILES string of the molecule is [CH2]CCCCCCCCCCCCCCOC(=O)C=C. The van der Waals surface area contributed by atoms with E-state index in [0.717, 1.165) is 19.3 Å². The summed E-state index contributed by atoms with van der Waals surface area (Å²) in [6.45, 7) is 7.77. The molecule has 0 spiro atoms. The Morgan fingerprint density at radius 2 is 1.15 bits per heavy atom. The zero-order chi connectivity index (χ0) is 14.9. The number of rotatable bonds is 15. The summed E-state index contributed by atoms with van der Waals surface area (Å²) >= 11 is 0. The Balaban J connectivity index is 2.99. The maximum Gasteiger partial charge on any atom is 0.330 e. The van der Waals surface area contributed by atoms with Crippen LogP contribution >= 0.6 is 0 Å². The monoisotopic (exact) mass is 281 g/mol. The van der Waals surface area contributed by atoms with E-state index in [1.807, 2.05) is 0 Å². The van der Waals surface area contributed by atoms with Crippen LogP contribution in [0, 0.1) is 6.92 Å². The molecule has 20 heavy (non-hydrogen) atoms. The highest BCUT2D eigenvalue weighted by atomic mass is 16.5. The summed E-state index contributed by atoms with van der Waals surface area (Å²) in [5.74, 6) is -0.305. The quantitative estimate of drug-likeness (QED) is 0.221. The summed E-state index contributed by atoms with van der Waals surface area (Å²) in [7, 11) is 0. The number of ether oxygens (including phenoxy) is 1. The molecule has 117 valence electrons. The molecule has 0 heterocycles. The fraction of sp³-hybridized carbons (Fsp3) is 0.778. The number of carbonyl (C=O) groups is 1. The zero-order valence-corrected chi connectivity index (χ0v) is 13.2. The molecule has 2 heteroatoms. The van der Waals surface area contributed by atoms with Gasteiger partial charge in [0.05, 0.1) is 6.61 Å². The highest BCUT2D eigenvalue weighted by Crippen LogP contribution is 2.12. The molecule has 0 aromatic carbocycles. The van der Waals surface area contributed by atoms with Gasteiger partial charge in [-0.05, 0) is 6.42 Å². The second kappa shape index (κ2) is 16.3. The van der Waals surface area contributed by atoms with Gasteiger partial charge in [0.15, 0.2) is 0 Å². The number of carbonyl (C=O) groups excluding carboxylic acids is 1. The van der Waals surface area contributed by atoms with E-state index in [9.17, 15) is 4.79 Å². The van der Waals surface area contributed by atoms with Gasteiger partial charge in [0.25, 0.3) is 0 Å². The fourth-order valence-electron chi connectivity index (χ4n) is 2.28. The zero-order valence-electron chi connectivity index (χ0n) is 13.2. The summed E-state index contributed by atoms with van der Waals surface area (Å²) in [4.78, 5) is 10.8. The van der Waals surface area contributed by atoms with Crippen molar-refractivity contribution in [2.45, 2.75) is 83.5 Å². The van der Waals surface area contributed by atoms with Crippen molar-refractivity contribution in [2.24, 2.45) is 0 Å². The minimum absolute atomic E-state index is 0.305. The Morgan fingerprint density at radius 3 is 1.55 bits per heavy atom. The molecule has 0 aliphatic carbocycles. The van der Waals surface area contributed by atoms with E-state index >= 15 is 0 Å². The lowest BCUT2D eigenvalue weighted by molar-refractivity contribution is -0.137. The van der Waals surface area contributed by atoms with Crippen LogP contribution < -0.4 is 0 Å². The summed E-state index contributed by atoms with van der Waals surface area (Å²) in [5.41, 5.74) is 0. The van der Waals surface area contributed by atoms with Crippen LogP contribution in [0.4, 0.5) is 0 Å². The fourth-order valence-corrected chi connectivity index (χ4v) is 2.28. The molecule has 2 nitrogen and oxygen atoms in total. The van der Waals surface area contributed by atoms with Crippen LogP contribution in [-0.4, -0.2) is 12.6 Å². The molecule has 0 fully saturated rings. The largest absolute Gasteiger partial charge is 0.463 e. The molecule has 0 saturated heterocycles. The van der Waals surface area contributed by atoms with Gasteiger partial charge >= 0.3 is 5.97 Å². The van der Waals surface area contributed by atoms with Crippen molar-refractivity contribution in [3.8, 4) is 0 Å². The predicted molar refractivity (Wildman–Crippen MR) is 86.5 cm³/mol. The van der Waals surface area contributed by atoms with E-state index in [2.05, 4.69) is 13.5 Å². The molecule has 0 aromatic rings. The number of esters is 1. The van der Waals surface area contributed by atoms with Crippen LogP contribution in [0.5, 0.6) is 0 Å². The van der Waals surface area contributed by atoms with Crippen molar-refractivity contribution >= 4 is 5.97 Å². The third kappa shape index (κ3) is 15.3. The van der Waals surface area contributed by atoms with Gasteiger partial charge in [-0.1, -0.05) is 90.6 Å². The Bertz CT molecular complexity index is 223. The Hall–Kier alpha value is -0.790. The van der Waals surface area contributed by atoms with Gasteiger partial charge in [-0.2, -0.15) is 0 Å². The van der Waals surface area contributed by atoms with Gasteiger partial charge in [-0.15, -0.1) is 0 Å². The van der Waals surface area contributed by atoms with E-state index < -0.39 is 0 Å². The van der Waals surface area contributed by atoms with E-state index in [1.165, 1.54) is 70.3 Å². The highest BCUT2D eigenvalue weighted by molar-refractivity contribution is 5.81. The normalized spacial score (nSPS) is 10.4. The van der Waals surface area contributed by atoms with Crippen LogP contribution in [0.15, 0.2) is 12.7 Å². The first-order valence-electron chi connectivity index (χ1n) is 8.39. The molecule has 0 bridgehead atoms. The molecule has 0 unspecified atom stereocenters. The third-order valence-corrected chi connectivity index (χ3v) is 3.56. The molecule has 1 radical (unpaired) electrons. The van der Waals surface area contributed by atoms with E-state index in [1.54, 1.807) is 0 Å². The van der Waals surface area contributed by atoms with Crippen molar-refractivity contribution in [1.82, 2.24) is 0 Å². The first-order chi connectivity index (χ1) is 9.81. The van der Waals surface area contributed by atoms with Crippen molar-refractivity contribution in [3.63, 3.8) is 0 Å². The second-order valence-electron chi connectivity index (χ2n) is 5.47. The molecule has 0 saturated carbocycles. The number of unbranched alkanes of at least 4 members (excludes halogenated alkanes) is 12. The molecule has 0 rings (SSSR count). The van der Waals surface area contributed by atoms with Crippen molar-refractivity contribution < 1.29 is 9.53 Å². The van der Waals surface area contributed by atoms with Gasteiger partial charge in [-0.25, -0.2) is 4.79 Å². The molecule has 0 aromatic heterocycles. The molecule has 0 aliphatic heterocycles. The van der Waals surface area contributed by atoms with Crippen LogP contribution in [-0.2, 0) is 9.53 Å². The predicted octanol–water partition coefficient (Wildman–Crippen LogP) is 5.62. The topological polar surface area (TPSA) is 26.3 Å². The summed E-state index contributed by atoms with van der Waals surface area (Å²) in [6.07, 6.45) is 18.0. The summed E-state index contributed by atoms with van der Waals surface area (Å²) < 4.78 is 4.93. The molecular weight excluding hydrogens is 248 g/mol.